The van der Waals surface area contributed by atoms with E-state index in [0.29, 0.717) is 24.8 Å². The first-order valence-corrected chi connectivity index (χ1v) is 13.6. The van der Waals surface area contributed by atoms with E-state index < -0.39 is 14.0 Å². The molecule has 0 bridgehead atoms. The van der Waals surface area contributed by atoms with Gasteiger partial charge in [-0.2, -0.15) is 0 Å². The van der Waals surface area contributed by atoms with E-state index in [9.17, 15) is 9.59 Å². The average Bonchev–Trinajstić information content (AvgIpc) is 3.11. The molecule has 1 aromatic heterocycles. The van der Waals surface area contributed by atoms with Gasteiger partial charge in [-0.05, 0) is 19.1 Å². The lowest BCUT2D eigenvalue weighted by molar-refractivity contribution is 0.0691. The first-order valence-electron chi connectivity index (χ1n) is 9.27. The van der Waals surface area contributed by atoms with Crippen molar-refractivity contribution in [1.29, 1.82) is 0 Å². The number of nitrogens with one attached hydrogen (secondary N) is 1. The van der Waals surface area contributed by atoms with Gasteiger partial charge in [0.1, 0.15) is 0 Å². The number of hydrogen-bond acceptors (Lipinski definition) is 5. The number of carboxylic acids is 1. The maximum Gasteiger partial charge on any atom is 0.355 e. The third-order valence-corrected chi connectivity index (χ3v) is 7.84. The van der Waals surface area contributed by atoms with Crippen LogP contribution in [0, 0.1) is 0 Å². The molecule has 9 heteroatoms. The van der Waals surface area contributed by atoms with Gasteiger partial charge in [0, 0.05) is 36.7 Å². The van der Waals surface area contributed by atoms with Crippen LogP contribution in [0.3, 0.4) is 0 Å². The normalized spacial score (nSPS) is 17.5. The third-order valence-electron chi connectivity index (χ3n) is 4.87. The van der Waals surface area contributed by atoms with Crippen LogP contribution in [0.15, 0.2) is 29.6 Å². The Balaban J connectivity index is 1.60. The summed E-state index contributed by atoms with van der Waals surface area (Å²) in [5, 5.41) is 15.6. The number of piperazine rings is 1. The number of carboxylic acid groups (broad SMARTS) is 1. The SMILES string of the molecule is CC1CN(c2nc(C(=O)O)cs2)CCN1C(=O)Nc1ccc([Si](C)(C)C)cc1. The fraction of sp³-hybridized carbons (Fsp3) is 0.421. The molecule has 28 heavy (non-hydrogen) atoms. The van der Waals surface area contributed by atoms with Crippen LogP contribution in [-0.2, 0) is 0 Å². The van der Waals surface area contributed by atoms with Gasteiger partial charge in [0.25, 0.3) is 0 Å². The number of thiazole rings is 1. The van der Waals surface area contributed by atoms with Gasteiger partial charge in [-0.1, -0.05) is 37.0 Å². The predicted octanol–water partition coefficient (Wildman–Crippen LogP) is 3.13. The minimum Gasteiger partial charge on any atom is -0.476 e. The predicted molar refractivity (Wildman–Crippen MR) is 116 cm³/mol. The van der Waals surface area contributed by atoms with E-state index in [0.717, 1.165) is 5.69 Å². The van der Waals surface area contributed by atoms with Crippen molar-refractivity contribution in [2.45, 2.75) is 32.6 Å². The molecular weight excluding hydrogens is 392 g/mol. The van der Waals surface area contributed by atoms with Crippen molar-refractivity contribution in [1.82, 2.24) is 9.88 Å². The Morgan fingerprint density at radius 3 is 2.43 bits per heavy atom. The van der Waals surface area contributed by atoms with Gasteiger partial charge in [-0.3, -0.25) is 0 Å². The number of hydrogen-bond donors (Lipinski definition) is 2. The molecule has 2 amide bonds. The number of carbonyl (C=O) groups excluding carboxylic acids is 1. The molecule has 0 radical (unpaired) electrons. The summed E-state index contributed by atoms with van der Waals surface area (Å²) < 4.78 is 0. The monoisotopic (exact) mass is 418 g/mol. The number of aromatic nitrogens is 1. The molecule has 0 spiro atoms. The third kappa shape index (κ3) is 4.53. The highest BCUT2D eigenvalue weighted by Gasteiger charge is 2.29. The Morgan fingerprint density at radius 2 is 1.89 bits per heavy atom. The van der Waals surface area contributed by atoms with Gasteiger partial charge in [0.15, 0.2) is 10.8 Å². The van der Waals surface area contributed by atoms with Crippen LogP contribution in [0.2, 0.25) is 19.6 Å². The van der Waals surface area contributed by atoms with Gasteiger partial charge in [-0.25, -0.2) is 14.6 Å². The molecule has 0 saturated carbocycles. The lowest BCUT2D eigenvalue weighted by atomic mass is 10.2. The number of amides is 2. The van der Waals surface area contributed by atoms with Gasteiger partial charge in [-0.15, -0.1) is 11.3 Å². The maximum atomic E-state index is 12.7. The second-order valence-electron chi connectivity index (χ2n) is 8.07. The molecule has 1 fully saturated rings. The van der Waals surface area contributed by atoms with Crippen LogP contribution < -0.4 is 15.4 Å². The van der Waals surface area contributed by atoms with Crippen LogP contribution in [-0.4, -0.2) is 60.7 Å². The van der Waals surface area contributed by atoms with Gasteiger partial charge in [0.2, 0.25) is 0 Å². The van der Waals surface area contributed by atoms with Gasteiger partial charge < -0.3 is 20.2 Å². The summed E-state index contributed by atoms with van der Waals surface area (Å²) in [6.07, 6.45) is 0. The van der Waals surface area contributed by atoms with E-state index in [-0.39, 0.29) is 17.8 Å². The molecule has 2 N–H and O–H groups in total. The standard InChI is InChI=1S/C19H26N4O3SSi/c1-13-11-22(19-21-16(12-27-19)17(24)25)9-10-23(13)18(26)20-14-5-7-15(8-6-14)28(2,3)4/h5-8,12-13H,9-11H2,1-4H3,(H,20,26)(H,24,25). The van der Waals surface area contributed by atoms with E-state index >= 15 is 0 Å². The zero-order valence-electron chi connectivity index (χ0n) is 16.6. The first-order chi connectivity index (χ1) is 13.1. The average molecular weight is 419 g/mol. The number of anilines is 2. The van der Waals surface area contributed by atoms with E-state index in [1.807, 2.05) is 28.9 Å². The largest absolute Gasteiger partial charge is 0.476 e. The lowest BCUT2D eigenvalue weighted by Gasteiger charge is -2.39. The molecule has 1 aliphatic rings. The molecule has 7 nitrogen and oxygen atoms in total. The van der Waals surface area contributed by atoms with Crippen molar-refractivity contribution < 1.29 is 14.7 Å². The van der Waals surface area contributed by atoms with Crippen molar-refractivity contribution in [3.63, 3.8) is 0 Å². The molecule has 1 aliphatic heterocycles. The molecule has 1 aromatic carbocycles. The molecule has 150 valence electrons. The number of carbonyl (C=O) groups is 2. The van der Waals surface area contributed by atoms with E-state index in [1.165, 1.54) is 16.5 Å². The summed E-state index contributed by atoms with van der Waals surface area (Å²) in [6.45, 7) is 10.7. The number of urea groups is 1. The van der Waals surface area contributed by atoms with E-state index in [4.69, 9.17) is 5.11 Å². The Morgan fingerprint density at radius 1 is 1.21 bits per heavy atom. The van der Waals surface area contributed by atoms with Crippen molar-refractivity contribution >= 4 is 47.4 Å². The van der Waals surface area contributed by atoms with Crippen molar-refractivity contribution in [3.8, 4) is 0 Å². The Hall–Kier alpha value is -2.39. The van der Waals surface area contributed by atoms with E-state index in [2.05, 4.69) is 42.1 Å². The van der Waals surface area contributed by atoms with Crippen molar-refractivity contribution in [3.05, 3.63) is 35.3 Å². The van der Waals surface area contributed by atoms with Crippen LogP contribution >= 0.6 is 11.3 Å². The summed E-state index contributed by atoms with van der Waals surface area (Å²) in [6, 6.07) is 8.02. The fourth-order valence-corrected chi connectivity index (χ4v) is 5.19. The number of rotatable bonds is 4. The van der Waals surface area contributed by atoms with Crippen LogP contribution in [0.4, 0.5) is 15.6 Å². The Kier molecular flexibility index (Phi) is 5.76. The fourth-order valence-electron chi connectivity index (χ4n) is 3.19. The van der Waals surface area contributed by atoms with Crippen molar-refractivity contribution in [2.24, 2.45) is 0 Å². The Bertz CT molecular complexity index is 863. The highest BCUT2D eigenvalue weighted by molar-refractivity contribution is 7.13. The minimum atomic E-state index is -1.36. The molecule has 1 unspecified atom stereocenters. The molecule has 2 aromatic rings. The highest BCUT2D eigenvalue weighted by atomic mass is 32.1. The maximum absolute atomic E-state index is 12.7. The summed E-state index contributed by atoms with van der Waals surface area (Å²) in [4.78, 5) is 31.7. The molecule has 0 aliphatic carbocycles. The smallest absolute Gasteiger partial charge is 0.355 e. The number of nitrogens with zero attached hydrogens (tertiary/aromatic N) is 3. The molecule has 3 rings (SSSR count). The number of benzene rings is 1. The summed E-state index contributed by atoms with van der Waals surface area (Å²) in [5.74, 6) is -1.02. The lowest BCUT2D eigenvalue weighted by Crippen LogP contribution is -2.55. The quantitative estimate of drug-likeness (QED) is 0.745. The van der Waals surface area contributed by atoms with Crippen LogP contribution in [0.25, 0.3) is 0 Å². The first kappa shape index (κ1) is 20.3. The molecule has 1 atom stereocenters. The summed E-state index contributed by atoms with van der Waals surface area (Å²) >= 11 is 1.32. The van der Waals surface area contributed by atoms with Crippen LogP contribution in [0.1, 0.15) is 17.4 Å². The number of aromatic carboxylic acids is 1. The van der Waals surface area contributed by atoms with Crippen molar-refractivity contribution in [2.75, 3.05) is 29.9 Å². The second kappa shape index (κ2) is 7.92. The zero-order valence-corrected chi connectivity index (χ0v) is 18.4. The highest BCUT2D eigenvalue weighted by Crippen LogP contribution is 2.24. The molecule has 2 heterocycles. The molecular formula is C19H26N4O3SSi. The molecule has 1 saturated heterocycles. The van der Waals surface area contributed by atoms with Gasteiger partial charge >= 0.3 is 12.0 Å². The summed E-state index contributed by atoms with van der Waals surface area (Å²) in [5.41, 5.74) is 0.863. The van der Waals surface area contributed by atoms with E-state index in [1.54, 1.807) is 5.38 Å². The summed E-state index contributed by atoms with van der Waals surface area (Å²) in [7, 11) is -1.36. The second-order valence-corrected chi connectivity index (χ2v) is 14.0. The van der Waals surface area contributed by atoms with Gasteiger partial charge in [0.05, 0.1) is 8.07 Å². The minimum absolute atomic E-state index is 0.00724. The Labute approximate surface area is 170 Å². The zero-order chi connectivity index (χ0) is 20.5. The van der Waals surface area contributed by atoms with Crippen LogP contribution in [0.5, 0.6) is 0 Å². The topological polar surface area (TPSA) is 85.8 Å².